The molecule has 0 aromatic heterocycles. The van der Waals surface area contributed by atoms with Crippen LogP contribution in [-0.2, 0) is 9.53 Å². The van der Waals surface area contributed by atoms with Crippen molar-refractivity contribution in [1.29, 1.82) is 0 Å². The van der Waals surface area contributed by atoms with E-state index < -0.39 is 12.1 Å². The topological polar surface area (TPSA) is 64.6 Å². The molecule has 3 rings (SSSR count). The molecule has 5 nitrogen and oxygen atoms in total. The molecule has 1 N–H and O–H groups in total. The van der Waals surface area contributed by atoms with E-state index in [-0.39, 0.29) is 5.91 Å². The van der Waals surface area contributed by atoms with Gasteiger partial charge in [0.2, 0.25) is 0 Å². The fourth-order valence-corrected chi connectivity index (χ4v) is 2.74. The highest BCUT2D eigenvalue weighted by atomic mass is 16.5. The Balaban J connectivity index is 1.69. The average molecular weight is 375 g/mol. The molecule has 0 unspecified atom stereocenters. The summed E-state index contributed by atoms with van der Waals surface area (Å²) in [5.41, 5.74) is 3.09. The molecule has 0 spiro atoms. The van der Waals surface area contributed by atoms with Crippen molar-refractivity contribution in [3.8, 4) is 16.9 Å². The van der Waals surface area contributed by atoms with Crippen molar-refractivity contribution in [3.05, 3.63) is 84.4 Å². The molecule has 28 heavy (non-hydrogen) atoms. The first-order valence-electron chi connectivity index (χ1n) is 8.89. The van der Waals surface area contributed by atoms with Crippen molar-refractivity contribution in [2.45, 2.75) is 13.0 Å². The van der Waals surface area contributed by atoms with Crippen LogP contribution in [0.4, 0.5) is 5.69 Å². The SMILES string of the molecule is COC(=O)c1ccc(O[C@@H](C)C(=O)Nc2ccccc2-c2ccccc2)cc1. The van der Waals surface area contributed by atoms with Gasteiger partial charge >= 0.3 is 5.97 Å². The molecule has 0 radical (unpaired) electrons. The Morgan fingerprint density at radius 1 is 0.857 bits per heavy atom. The van der Waals surface area contributed by atoms with Gasteiger partial charge in [0.15, 0.2) is 6.10 Å². The smallest absolute Gasteiger partial charge is 0.337 e. The van der Waals surface area contributed by atoms with Crippen LogP contribution >= 0.6 is 0 Å². The molecule has 1 amide bonds. The van der Waals surface area contributed by atoms with Crippen LogP contribution < -0.4 is 10.1 Å². The quantitative estimate of drug-likeness (QED) is 0.642. The Labute approximate surface area is 163 Å². The molecule has 0 aliphatic heterocycles. The zero-order chi connectivity index (χ0) is 19.9. The van der Waals surface area contributed by atoms with Gasteiger partial charge in [-0.05, 0) is 42.8 Å². The summed E-state index contributed by atoms with van der Waals surface area (Å²) in [7, 11) is 1.33. The van der Waals surface area contributed by atoms with Crippen LogP contribution in [0.3, 0.4) is 0 Å². The maximum Gasteiger partial charge on any atom is 0.337 e. The van der Waals surface area contributed by atoms with Gasteiger partial charge in [-0.1, -0.05) is 48.5 Å². The molecular formula is C23H21NO4. The fraction of sp³-hybridized carbons (Fsp3) is 0.130. The number of hydrogen-bond acceptors (Lipinski definition) is 4. The summed E-state index contributed by atoms with van der Waals surface area (Å²) in [6, 6.07) is 23.9. The van der Waals surface area contributed by atoms with E-state index in [0.717, 1.165) is 16.8 Å². The minimum Gasteiger partial charge on any atom is -0.481 e. The molecule has 3 aromatic rings. The van der Waals surface area contributed by atoms with Crippen LogP contribution in [-0.4, -0.2) is 25.1 Å². The molecule has 0 aliphatic rings. The summed E-state index contributed by atoms with van der Waals surface area (Å²) in [4.78, 5) is 24.1. The number of methoxy groups -OCH3 is 1. The predicted molar refractivity (Wildman–Crippen MR) is 108 cm³/mol. The van der Waals surface area contributed by atoms with Gasteiger partial charge in [-0.2, -0.15) is 0 Å². The average Bonchev–Trinajstić information content (AvgIpc) is 2.74. The summed E-state index contributed by atoms with van der Waals surface area (Å²) < 4.78 is 10.4. The Hall–Kier alpha value is -3.60. The number of esters is 1. The van der Waals surface area contributed by atoms with Gasteiger partial charge in [0.1, 0.15) is 5.75 Å². The molecule has 3 aromatic carbocycles. The molecule has 0 bridgehead atoms. The van der Waals surface area contributed by atoms with Crippen molar-refractivity contribution in [3.63, 3.8) is 0 Å². The second-order valence-electron chi connectivity index (χ2n) is 6.18. The molecular weight excluding hydrogens is 354 g/mol. The van der Waals surface area contributed by atoms with Crippen LogP contribution in [0.5, 0.6) is 5.75 Å². The Morgan fingerprint density at radius 3 is 2.18 bits per heavy atom. The van der Waals surface area contributed by atoms with E-state index in [0.29, 0.717) is 11.3 Å². The van der Waals surface area contributed by atoms with E-state index >= 15 is 0 Å². The highest BCUT2D eigenvalue weighted by molar-refractivity contribution is 5.98. The minimum absolute atomic E-state index is 0.263. The van der Waals surface area contributed by atoms with Gasteiger partial charge in [-0.3, -0.25) is 4.79 Å². The molecule has 1 atom stereocenters. The lowest BCUT2D eigenvalue weighted by molar-refractivity contribution is -0.122. The molecule has 0 saturated carbocycles. The van der Waals surface area contributed by atoms with Crippen LogP contribution in [0.25, 0.3) is 11.1 Å². The maximum atomic E-state index is 12.6. The number of amides is 1. The van der Waals surface area contributed by atoms with E-state index in [9.17, 15) is 9.59 Å². The van der Waals surface area contributed by atoms with Crippen LogP contribution in [0.1, 0.15) is 17.3 Å². The third-order valence-corrected chi connectivity index (χ3v) is 4.23. The van der Waals surface area contributed by atoms with Crippen molar-refractivity contribution >= 4 is 17.6 Å². The monoisotopic (exact) mass is 375 g/mol. The highest BCUT2D eigenvalue weighted by Crippen LogP contribution is 2.27. The van der Waals surface area contributed by atoms with E-state index in [4.69, 9.17) is 4.74 Å². The van der Waals surface area contributed by atoms with Gasteiger partial charge in [-0.25, -0.2) is 4.79 Å². The van der Waals surface area contributed by atoms with Gasteiger partial charge in [0.25, 0.3) is 5.91 Å². The minimum atomic E-state index is -0.715. The number of para-hydroxylation sites is 1. The fourth-order valence-electron chi connectivity index (χ4n) is 2.74. The highest BCUT2D eigenvalue weighted by Gasteiger charge is 2.17. The largest absolute Gasteiger partial charge is 0.481 e. The lowest BCUT2D eigenvalue weighted by atomic mass is 10.0. The number of benzene rings is 3. The van der Waals surface area contributed by atoms with E-state index in [1.165, 1.54) is 7.11 Å². The number of ether oxygens (including phenoxy) is 2. The van der Waals surface area contributed by atoms with Crippen molar-refractivity contribution < 1.29 is 19.1 Å². The third kappa shape index (κ3) is 4.57. The van der Waals surface area contributed by atoms with Gasteiger partial charge in [0.05, 0.1) is 12.7 Å². The van der Waals surface area contributed by atoms with Crippen molar-refractivity contribution in [2.75, 3.05) is 12.4 Å². The first-order valence-corrected chi connectivity index (χ1v) is 8.89. The Kier molecular flexibility index (Phi) is 6.07. The number of carbonyl (C=O) groups is 2. The van der Waals surface area contributed by atoms with E-state index in [1.54, 1.807) is 31.2 Å². The number of hydrogen-bond donors (Lipinski definition) is 1. The molecule has 0 saturated heterocycles. The van der Waals surface area contributed by atoms with Gasteiger partial charge in [0, 0.05) is 11.3 Å². The van der Waals surface area contributed by atoms with Gasteiger partial charge in [-0.15, -0.1) is 0 Å². The molecule has 142 valence electrons. The first kappa shape index (κ1) is 19.2. The third-order valence-electron chi connectivity index (χ3n) is 4.23. The zero-order valence-electron chi connectivity index (χ0n) is 15.7. The summed E-state index contributed by atoms with van der Waals surface area (Å²) in [6.07, 6.45) is -0.715. The lowest BCUT2D eigenvalue weighted by Gasteiger charge is -2.17. The van der Waals surface area contributed by atoms with E-state index in [2.05, 4.69) is 10.1 Å². The molecule has 0 fully saturated rings. The van der Waals surface area contributed by atoms with Crippen LogP contribution in [0, 0.1) is 0 Å². The van der Waals surface area contributed by atoms with Crippen LogP contribution in [0.15, 0.2) is 78.9 Å². The molecule has 0 heterocycles. The number of nitrogens with one attached hydrogen (secondary N) is 1. The zero-order valence-corrected chi connectivity index (χ0v) is 15.7. The predicted octanol–water partition coefficient (Wildman–Crippen LogP) is 4.55. The summed E-state index contributed by atoms with van der Waals surface area (Å²) in [6.45, 7) is 1.68. The van der Waals surface area contributed by atoms with Crippen LogP contribution in [0.2, 0.25) is 0 Å². The normalized spacial score (nSPS) is 11.4. The molecule has 5 heteroatoms. The Bertz CT molecular complexity index is 952. The standard InChI is InChI=1S/C23H21NO4/c1-16(28-19-14-12-18(13-15-19)23(26)27-2)22(25)24-21-11-7-6-10-20(21)17-8-4-3-5-9-17/h3-16H,1-2H3,(H,24,25)/t16-/m0/s1. The second-order valence-corrected chi connectivity index (χ2v) is 6.18. The van der Waals surface area contributed by atoms with Crippen molar-refractivity contribution in [2.24, 2.45) is 0 Å². The maximum absolute atomic E-state index is 12.6. The summed E-state index contributed by atoms with van der Waals surface area (Å²) in [5, 5.41) is 2.93. The van der Waals surface area contributed by atoms with Gasteiger partial charge < -0.3 is 14.8 Å². The second kappa shape index (κ2) is 8.86. The van der Waals surface area contributed by atoms with E-state index in [1.807, 2.05) is 54.6 Å². The Morgan fingerprint density at radius 2 is 1.50 bits per heavy atom. The number of carbonyl (C=O) groups excluding carboxylic acids is 2. The first-order chi connectivity index (χ1) is 13.6. The lowest BCUT2D eigenvalue weighted by Crippen LogP contribution is -2.30. The number of anilines is 1. The summed E-state index contributed by atoms with van der Waals surface area (Å²) in [5.74, 6) is -0.193. The van der Waals surface area contributed by atoms with Crippen molar-refractivity contribution in [1.82, 2.24) is 0 Å². The number of rotatable bonds is 6. The summed E-state index contributed by atoms with van der Waals surface area (Å²) >= 11 is 0. The molecule has 0 aliphatic carbocycles.